The lowest BCUT2D eigenvalue weighted by Gasteiger charge is -2.44. The zero-order valence-electron chi connectivity index (χ0n) is 14.2. The Morgan fingerprint density at radius 3 is 2.50 bits per heavy atom. The first-order chi connectivity index (χ1) is 12.0. The van der Waals surface area contributed by atoms with Gasteiger partial charge in [0.15, 0.2) is 5.79 Å². The molecule has 0 spiro atoms. The smallest absolute Gasteiger partial charge is 0.393 e. The maximum atomic E-state index is 11.8. The van der Waals surface area contributed by atoms with Crippen LogP contribution in [-0.4, -0.2) is 62.1 Å². The van der Waals surface area contributed by atoms with Crippen LogP contribution in [0.5, 0.6) is 0 Å². The zero-order chi connectivity index (χ0) is 19.8. The average Bonchev–Trinajstić information content (AvgIpc) is 2.91. The van der Waals surface area contributed by atoms with Gasteiger partial charge in [-0.25, -0.2) is 0 Å². The Kier molecular flexibility index (Phi) is 5.78. The van der Waals surface area contributed by atoms with Crippen LogP contribution in [0, 0.1) is 5.92 Å². The minimum Gasteiger partial charge on any atom is -0.393 e. The minimum atomic E-state index is -4.53. The molecule has 0 amide bonds. The van der Waals surface area contributed by atoms with E-state index in [1.54, 1.807) is 4.98 Å². The van der Waals surface area contributed by atoms with Crippen molar-refractivity contribution in [2.45, 2.75) is 50.0 Å². The van der Waals surface area contributed by atoms with E-state index in [-0.39, 0.29) is 25.6 Å². The first kappa shape index (κ1) is 20.8. The van der Waals surface area contributed by atoms with Crippen molar-refractivity contribution in [2.24, 2.45) is 5.92 Å². The third-order valence-corrected chi connectivity index (χ3v) is 4.44. The second-order valence-corrected chi connectivity index (χ2v) is 6.60. The van der Waals surface area contributed by atoms with Gasteiger partial charge in [-0.1, -0.05) is 13.8 Å². The summed E-state index contributed by atoms with van der Waals surface area (Å²) in [4.78, 5) is 15.0. The largest absolute Gasteiger partial charge is 0.432 e. The number of H-pyrrole nitrogens is 1. The maximum absolute atomic E-state index is 11.8. The third kappa shape index (κ3) is 3.91. The first-order valence-electron chi connectivity index (χ1n) is 7.88. The van der Waals surface area contributed by atoms with E-state index in [0.29, 0.717) is 6.20 Å². The van der Waals surface area contributed by atoms with Gasteiger partial charge in [0.25, 0.3) is 5.56 Å². The van der Waals surface area contributed by atoms with Gasteiger partial charge in [-0.2, -0.15) is 13.2 Å². The van der Waals surface area contributed by atoms with E-state index in [1.165, 1.54) is 0 Å². The second-order valence-electron chi connectivity index (χ2n) is 6.60. The van der Waals surface area contributed by atoms with Crippen LogP contribution in [0.15, 0.2) is 17.2 Å². The van der Waals surface area contributed by atoms with Crippen LogP contribution in [0.3, 0.4) is 0 Å². The fourth-order valence-corrected chi connectivity index (χ4v) is 2.86. The van der Waals surface area contributed by atoms with Crippen molar-refractivity contribution in [1.82, 2.24) is 9.97 Å². The Morgan fingerprint density at radius 1 is 1.38 bits per heavy atom. The lowest BCUT2D eigenvalue weighted by atomic mass is 9.85. The molecule has 2 bridgehead atoms. The Balaban J connectivity index is 0.000000197. The van der Waals surface area contributed by atoms with Crippen LogP contribution in [0.1, 0.15) is 26.0 Å². The molecule has 2 aliphatic rings. The van der Waals surface area contributed by atoms with Crippen molar-refractivity contribution in [1.29, 1.82) is 0 Å². The van der Waals surface area contributed by atoms with E-state index in [1.807, 2.05) is 13.8 Å². The van der Waals surface area contributed by atoms with Crippen LogP contribution in [0.4, 0.5) is 13.2 Å². The molecule has 2 fully saturated rings. The number of hydrogen-bond donors (Lipinski definition) is 4. The van der Waals surface area contributed by atoms with Gasteiger partial charge in [0.05, 0.1) is 31.7 Å². The van der Waals surface area contributed by atoms with Crippen LogP contribution in [-0.2, 0) is 15.7 Å². The fourth-order valence-electron chi connectivity index (χ4n) is 2.86. The first-order valence-corrected chi connectivity index (χ1v) is 7.88. The molecule has 4 N–H and O–H groups in total. The molecule has 26 heavy (non-hydrogen) atoms. The van der Waals surface area contributed by atoms with E-state index in [0.717, 1.165) is 6.20 Å². The van der Waals surface area contributed by atoms with Gasteiger partial charge in [-0.05, 0) is 0 Å². The van der Waals surface area contributed by atoms with Gasteiger partial charge in [0.1, 0.15) is 17.4 Å². The number of aliphatic hydroxyl groups excluding tert-OH is 3. The summed E-state index contributed by atoms with van der Waals surface area (Å²) in [7, 11) is 0. The second kappa shape index (κ2) is 7.24. The number of nitrogens with zero attached hydrogens (tertiary/aromatic N) is 1. The highest BCUT2D eigenvalue weighted by Crippen LogP contribution is 2.46. The molecular weight excluding hydrogens is 361 g/mol. The molecule has 4 unspecified atom stereocenters. The molecule has 1 aromatic rings. The number of aromatic amines is 1. The molecule has 0 saturated carbocycles. The van der Waals surface area contributed by atoms with E-state index in [4.69, 9.17) is 9.47 Å². The summed E-state index contributed by atoms with van der Waals surface area (Å²) in [5.41, 5.74) is -3.15. The van der Waals surface area contributed by atoms with Gasteiger partial charge < -0.3 is 29.8 Å². The molecular formula is C15H21F3N2O6. The maximum Gasteiger partial charge on any atom is 0.432 e. The van der Waals surface area contributed by atoms with Gasteiger partial charge in [0, 0.05) is 12.3 Å². The van der Waals surface area contributed by atoms with Crippen molar-refractivity contribution in [3.8, 4) is 0 Å². The molecule has 2 saturated heterocycles. The molecule has 2 aliphatic heterocycles. The fraction of sp³-hybridized carbons (Fsp3) is 0.733. The number of halogens is 3. The molecule has 3 rings (SSSR count). The molecule has 0 aromatic carbocycles. The number of alkyl halides is 3. The zero-order valence-corrected chi connectivity index (χ0v) is 14.2. The summed E-state index contributed by atoms with van der Waals surface area (Å²) in [6, 6.07) is 0. The Labute approximate surface area is 146 Å². The minimum absolute atomic E-state index is 0.0630. The third-order valence-electron chi connectivity index (χ3n) is 4.44. The normalized spacial score (nSPS) is 33.7. The summed E-state index contributed by atoms with van der Waals surface area (Å²) in [5.74, 6) is -0.797. The summed E-state index contributed by atoms with van der Waals surface area (Å²) in [6.45, 7) is 3.63. The van der Waals surface area contributed by atoms with Gasteiger partial charge in [-0.15, -0.1) is 0 Å². The lowest BCUT2D eigenvalue weighted by molar-refractivity contribution is -0.290. The number of aliphatic hydroxyl groups is 3. The topological polar surface area (TPSA) is 125 Å². The van der Waals surface area contributed by atoms with Gasteiger partial charge in [0.2, 0.25) is 0 Å². The standard InChI is InChI=1S/C10H18O5.C5H3F3N2O/c1-6(2)10-3-7(12)8(13)9(4-11,15-10)5-14-10;6-5(7,8)3-1-9-2-4(11)10-3/h6-8,11-13H,3-5H2,1-2H3;1-2H,(H,10,11). The van der Waals surface area contributed by atoms with E-state index in [9.17, 15) is 33.3 Å². The molecule has 3 heterocycles. The number of nitrogens with one attached hydrogen (secondary N) is 1. The summed E-state index contributed by atoms with van der Waals surface area (Å²) in [5, 5.41) is 28.8. The Morgan fingerprint density at radius 2 is 2.04 bits per heavy atom. The number of fused-ring (bicyclic) bond motifs is 2. The Bertz CT molecular complexity index is 678. The SMILES string of the molecule is CC(C)C12CC(O)C(O)C(CO)(CO1)O2.O=c1cncc(C(F)(F)F)[nH]1. The van der Waals surface area contributed by atoms with Crippen molar-refractivity contribution >= 4 is 0 Å². The molecule has 4 atom stereocenters. The molecule has 8 nitrogen and oxygen atoms in total. The summed E-state index contributed by atoms with van der Waals surface area (Å²) < 4.78 is 46.5. The molecule has 148 valence electrons. The van der Waals surface area contributed by atoms with Gasteiger partial charge in [-0.3, -0.25) is 9.78 Å². The predicted molar refractivity (Wildman–Crippen MR) is 80.9 cm³/mol. The summed E-state index contributed by atoms with van der Waals surface area (Å²) in [6.07, 6.45) is -4.95. The number of aromatic nitrogens is 2. The van der Waals surface area contributed by atoms with E-state index < -0.39 is 41.0 Å². The van der Waals surface area contributed by atoms with Crippen LogP contribution < -0.4 is 5.56 Å². The highest BCUT2D eigenvalue weighted by Gasteiger charge is 2.62. The van der Waals surface area contributed by atoms with Crippen molar-refractivity contribution < 1.29 is 38.0 Å². The summed E-state index contributed by atoms with van der Waals surface area (Å²) >= 11 is 0. The molecule has 0 aliphatic carbocycles. The molecule has 1 aromatic heterocycles. The van der Waals surface area contributed by atoms with E-state index >= 15 is 0 Å². The van der Waals surface area contributed by atoms with Crippen LogP contribution in [0.2, 0.25) is 0 Å². The van der Waals surface area contributed by atoms with Gasteiger partial charge >= 0.3 is 6.18 Å². The monoisotopic (exact) mass is 382 g/mol. The predicted octanol–water partition coefficient (Wildman–Crippen LogP) is 0.0308. The molecule has 11 heteroatoms. The Hall–Kier alpha value is -1.53. The number of ether oxygens (including phenoxy) is 2. The van der Waals surface area contributed by atoms with Crippen LogP contribution >= 0.6 is 0 Å². The number of hydrogen-bond acceptors (Lipinski definition) is 7. The number of rotatable bonds is 2. The van der Waals surface area contributed by atoms with Crippen LogP contribution in [0.25, 0.3) is 0 Å². The highest BCUT2D eigenvalue weighted by molar-refractivity contribution is 5.05. The average molecular weight is 382 g/mol. The molecule has 0 radical (unpaired) electrons. The highest BCUT2D eigenvalue weighted by atomic mass is 19.4. The quantitative estimate of drug-likeness (QED) is 0.569. The van der Waals surface area contributed by atoms with Crippen molar-refractivity contribution in [2.75, 3.05) is 13.2 Å². The van der Waals surface area contributed by atoms with E-state index in [2.05, 4.69) is 4.98 Å². The van der Waals surface area contributed by atoms with Crippen molar-refractivity contribution in [3.05, 3.63) is 28.4 Å². The lowest BCUT2D eigenvalue weighted by Crippen LogP contribution is -2.60. The van der Waals surface area contributed by atoms with Crippen molar-refractivity contribution in [3.63, 3.8) is 0 Å².